The van der Waals surface area contributed by atoms with Gasteiger partial charge in [-0.3, -0.25) is 4.99 Å². The topological polar surface area (TPSA) is 70.6 Å². The van der Waals surface area contributed by atoms with Crippen molar-refractivity contribution >= 4 is 15.8 Å². The monoisotopic (exact) mass is 311 g/mol. The van der Waals surface area contributed by atoms with Gasteiger partial charge in [-0.25, -0.2) is 8.42 Å². The highest BCUT2D eigenvalue weighted by atomic mass is 32.2. The maximum Gasteiger partial charge on any atom is 0.190 e. The molecule has 1 aromatic rings. The molecule has 21 heavy (non-hydrogen) atoms. The van der Waals surface area contributed by atoms with Crippen LogP contribution in [0, 0.1) is 0 Å². The van der Waals surface area contributed by atoms with Crippen LogP contribution in [0.5, 0.6) is 0 Å². The molecule has 6 heteroatoms. The van der Waals surface area contributed by atoms with Crippen molar-refractivity contribution in [2.45, 2.75) is 31.1 Å². The van der Waals surface area contributed by atoms with Gasteiger partial charge in [0.25, 0.3) is 0 Å². The number of nitrogens with zero attached hydrogens (tertiary/aromatic N) is 1. The molecule has 0 spiro atoms. The summed E-state index contributed by atoms with van der Waals surface area (Å²) in [4.78, 5) is 4.30. The minimum Gasteiger partial charge on any atom is -0.359 e. The van der Waals surface area contributed by atoms with Gasteiger partial charge in [0, 0.05) is 20.6 Å². The van der Waals surface area contributed by atoms with E-state index < -0.39 is 9.84 Å². The van der Waals surface area contributed by atoms with E-state index in [0.29, 0.717) is 17.4 Å². The van der Waals surface area contributed by atoms with Gasteiger partial charge >= 0.3 is 0 Å². The first kappa shape index (κ1) is 17.5. The summed E-state index contributed by atoms with van der Waals surface area (Å²) >= 11 is 0. The molecule has 0 radical (unpaired) electrons. The molecule has 0 saturated heterocycles. The summed E-state index contributed by atoms with van der Waals surface area (Å²) in [5, 5.41) is 5.79. The Balaban J connectivity index is 2.75. The first-order valence-corrected chi connectivity index (χ1v) is 8.57. The summed E-state index contributed by atoms with van der Waals surface area (Å²) in [5.41, 5.74) is 1.14. The van der Waals surface area contributed by atoms with E-state index in [1.165, 1.54) is 0 Å². The Labute approximate surface area is 127 Å². The van der Waals surface area contributed by atoms with Gasteiger partial charge in [0.1, 0.15) is 0 Å². The quantitative estimate of drug-likeness (QED) is 0.654. The number of sulfone groups is 1. The van der Waals surface area contributed by atoms with Gasteiger partial charge < -0.3 is 10.6 Å². The van der Waals surface area contributed by atoms with Crippen LogP contribution in [0.1, 0.15) is 26.3 Å². The highest BCUT2D eigenvalue weighted by Gasteiger charge is 2.17. The van der Waals surface area contributed by atoms with Crippen LogP contribution in [-0.4, -0.2) is 40.8 Å². The zero-order valence-electron chi connectivity index (χ0n) is 13.4. The van der Waals surface area contributed by atoms with Crippen LogP contribution in [0.3, 0.4) is 0 Å². The van der Waals surface area contributed by atoms with Crippen molar-refractivity contribution < 1.29 is 8.42 Å². The van der Waals surface area contributed by atoms with Gasteiger partial charge in [-0.15, -0.1) is 0 Å². The maximum atomic E-state index is 12.3. The standard InChI is InChI=1S/C15H25N3O2S/c1-15(2,3)12-6-8-13(9-7-12)21(19,20)11-10-18-14(16-4)17-5/h6-9H,10-11H2,1-5H3,(H2,16,17,18). The summed E-state index contributed by atoms with van der Waals surface area (Å²) < 4.78 is 24.5. The van der Waals surface area contributed by atoms with E-state index in [0.717, 1.165) is 5.56 Å². The Hall–Kier alpha value is -1.56. The second-order valence-electron chi connectivity index (χ2n) is 5.84. The fraction of sp³-hybridized carbons (Fsp3) is 0.533. The average Bonchev–Trinajstić information content (AvgIpc) is 2.43. The predicted octanol–water partition coefficient (Wildman–Crippen LogP) is 1.55. The van der Waals surface area contributed by atoms with Gasteiger partial charge in [-0.05, 0) is 23.1 Å². The van der Waals surface area contributed by atoms with Crippen LogP contribution in [0.25, 0.3) is 0 Å². The zero-order chi connectivity index (χ0) is 16.1. The number of nitrogens with one attached hydrogen (secondary N) is 2. The summed E-state index contributed by atoms with van der Waals surface area (Å²) in [7, 11) is 0.0887. The third kappa shape index (κ3) is 5.04. The first-order valence-electron chi connectivity index (χ1n) is 6.92. The third-order valence-electron chi connectivity index (χ3n) is 3.20. The lowest BCUT2D eigenvalue weighted by Gasteiger charge is -2.19. The molecule has 0 aliphatic rings. The molecule has 1 rings (SSSR count). The van der Waals surface area contributed by atoms with Crippen LogP contribution in [0.4, 0.5) is 0 Å². The molecule has 2 N–H and O–H groups in total. The Morgan fingerprint density at radius 2 is 1.76 bits per heavy atom. The summed E-state index contributed by atoms with van der Waals surface area (Å²) in [5.74, 6) is 0.607. The Morgan fingerprint density at radius 3 is 2.19 bits per heavy atom. The summed E-state index contributed by atoms with van der Waals surface area (Å²) in [6, 6.07) is 7.13. The van der Waals surface area contributed by atoms with E-state index in [9.17, 15) is 8.42 Å². The lowest BCUT2D eigenvalue weighted by atomic mass is 9.87. The van der Waals surface area contributed by atoms with Gasteiger partial charge in [0.2, 0.25) is 0 Å². The van der Waals surface area contributed by atoms with Crippen molar-refractivity contribution in [3.63, 3.8) is 0 Å². The Morgan fingerprint density at radius 1 is 1.19 bits per heavy atom. The summed E-state index contributed by atoms with van der Waals surface area (Å²) in [6.07, 6.45) is 0. The molecule has 0 amide bonds. The number of hydrogen-bond donors (Lipinski definition) is 2. The van der Waals surface area contributed by atoms with E-state index in [1.54, 1.807) is 26.2 Å². The van der Waals surface area contributed by atoms with E-state index in [2.05, 4.69) is 36.4 Å². The lowest BCUT2D eigenvalue weighted by Crippen LogP contribution is -2.37. The van der Waals surface area contributed by atoms with Crippen LogP contribution in [-0.2, 0) is 15.3 Å². The van der Waals surface area contributed by atoms with Gasteiger partial charge in [0.05, 0.1) is 10.6 Å². The molecule has 118 valence electrons. The minimum absolute atomic E-state index is 0.0170. The molecule has 0 aromatic heterocycles. The Bertz CT molecular complexity index is 584. The third-order valence-corrected chi connectivity index (χ3v) is 4.94. The number of aliphatic imine (C=N–C) groups is 1. The first-order chi connectivity index (χ1) is 9.70. The van der Waals surface area contributed by atoms with E-state index in [4.69, 9.17) is 0 Å². The molecule has 0 fully saturated rings. The largest absolute Gasteiger partial charge is 0.359 e. The van der Waals surface area contributed by atoms with Crippen LogP contribution in [0.15, 0.2) is 34.2 Å². The molecule has 0 atom stereocenters. The van der Waals surface area contributed by atoms with Gasteiger partial charge in [-0.1, -0.05) is 32.9 Å². The van der Waals surface area contributed by atoms with Crippen molar-refractivity contribution in [3.05, 3.63) is 29.8 Å². The number of benzene rings is 1. The molecular formula is C15H25N3O2S. The fourth-order valence-electron chi connectivity index (χ4n) is 1.86. The molecule has 0 aliphatic heterocycles. The molecule has 0 aliphatic carbocycles. The molecule has 0 heterocycles. The average molecular weight is 311 g/mol. The normalized spacial score (nSPS) is 13.1. The van der Waals surface area contributed by atoms with Crippen LogP contribution in [0.2, 0.25) is 0 Å². The SMILES string of the molecule is CN=C(NC)NCCS(=O)(=O)c1ccc(C(C)(C)C)cc1. The lowest BCUT2D eigenvalue weighted by molar-refractivity contribution is 0.586. The molecule has 0 bridgehead atoms. The van der Waals surface area contributed by atoms with Gasteiger partial charge in [-0.2, -0.15) is 0 Å². The van der Waals surface area contributed by atoms with Crippen molar-refractivity contribution in [3.8, 4) is 0 Å². The van der Waals surface area contributed by atoms with Crippen LogP contribution >= 0.6 is 0 Å². The second kappa shape index (κ2) is 6.93. The van der Waals surface area contributed by atoms with Crippen molar-refractivity contribution in [1.29, 1.82) is 0 Å². The smallest absolute Gasteiger partial charge is 0.190 e. The van der Waals surface area contributed by atoms with E-state index >= 15 is 0 Å². The molecular weight excluding hydrogens is 286 g/mol. The van der Waals surface area contributed by atoms with Crippen molar-refractivity contribution in [2.24, 2.45) is 4.99 Å². The van der Waals surface area contributed by atoms with E-state index in [1.807, 2.05) is 12.1 Å². The predicted molar refractivity (Wildman–Crippen MR) is 87.6 cm³/mol. The molecule has 0 saturated carbocycles. The highest BCUT2D eigenvalue weighted by Crippen LogP contribution is 2.23. The second-order valence-corrected chi connectivity index (χ2v) is 7.95. The number of rotatable bonds is 4. The number of guanidine groups is 1. The zero-order valence-corrected chi connectivity index (χ0v) is 14.2. The maximum absolute atomic E-state index is 12.3. The fourth-order valence-corrected chi connectivity index (χ4v) is 3.02. The molecule has 0 unspecified atom stereocenters. The van der Waals surface area contributed by atoms with Crippen molar-refractivity contribution in [1.82, 2.24) is 10.6 Å². The van der Waals surface area contributed by atoms with Crippen LogP contribution < -0.4 is 10.6 Å². The van der Waals surface area contributed by atoms with Crippen molar-refractivity contribution in [2.75, 3.05) is 26.4 Å². The Kier molecular flexibility index (Phi) is 5.78. The number of hydrogen-bond acceptors (Lipinski definition) is 3. The molecule has 1 aromatic carbocycles. The van der Waals surface area contributed by atoms with E-state index in [-0.39, 0.29) is 11.2 Å². The minimum atomic E-state index is -3.28. The van der Waals surface area contributed by atoms with Gasteiger partial charge in [0.15, 0.2) is 15.8 Å². The summed E-state index contributed by atoms with van der Waals surface area (Å²) in [6.45, 7) is 6.62. The molecule has 5 nitrogen and oxygen atoms in total. The highest BCUT2D eigenvalue weighted by molar-refractivity contribution is 7.91.